The van der Waals surface area contributed by atoms with Crippen molar-refractivity contribution in [2.75, 3.05) is 20.3 Å². The van der Waals surface area contributed by atoms with Gasteiger partial charge >= 0.3 is 5.97 Å². The van der Waals surface area contributed by atoms with E-state index in [1.54, 1.807) is 25.3 Å². The highest BCUT2D eigenvalue weighted by Crippen LogP contribution is 2.32. The van der Waals surface area contributed by atoms with Crippen LogP contribution in [0, 0.1) is 5.82 Å². The number of carbonyl (C=O) groups excluding carboxylic acids is 1. The number of rotatable bonds is 7. The van der Waals surface area contributed by atoms with Crippen LogP contribution in [-0.4, -0.2) is 41.9 Å². The number of hydrogen-bond donors (Lipinski definition) is 0. The van der Waals surface area contributed by atoms with E-state index >= 15 is 0 Å². The topological polar surface area (TPSA) is 79.8 Å². The lowest BCUT2D eigenvalue weighted by Gasteiger charge is -2.34. The molecule has 10 heteroatoms. The molecule has 0 bridgehead atoms. The van der Waals surface area contributed by atoms with E-state index in [0.717, 1.165) is 5.56 Å². The highest BCUT2D eigenvalue weighted by Gasteiger charge is 2.45. The normalized spacial score (nSPS) is 14.9. The molecule has 178 valence electrons. The van der Waals surface area contributed by atoms with Crippen molar-refractivity contribution < 1.29 is 28.1 Å². The minimum Gasteiger partial charge on any atom is -0.497 e. The van der Waals surface area contributed by atoms with Crippen LogP contribution in [0.1, 0.15) is 18.4 Å². The fourth-order valence-electron chi connectivity index (χ4n) is 3.46. The van der Waals surface area contributed by atoms with E-state index in [-0.39, 0.29) is 41.3 Å². The second-order valence-corrected chi connectivity index (χ2v) is 8.41. The summed E-state index contributed by atoms with van der Waals surface area (Å²) >= 11 is 11.9. The van der Waals surface area contributed by atoms with Gasteiger partial charge in [0.2, 0.25) is 11.5 Å². The molecule has 2 aromatic carbocycles. The summed E-state index contributed by atoms with van der Waals surface area (Å²) in [7, 11) is 1.58. The van der Waals surface area contributed by atoms with E-state index in [1.807, 2.05) is 12.1 Å². The Hall–Kier alpha value is -2.94. The van der Waals surface area contributed by atoms with Crippen LogP contribution in [-0.2, 0) is 20.9 Å². The Balaban J connectivity index is 1.56. The molecule has 0 atom stereocenters. The van der Waals surface area contributed by atoms with Crippen molar-refractivity contribution in [3.63, 3.8) is 0 Å². The molecule has 0 saturated carbocycles. The molecule has 1 aliphatic heterocycles. The molecule has 2 heterocycles. The lowest BCUT2D eigenvalue weighted by molar-refractivity contribution is -0.172. The molecule has 0 amide bonds. The molecule has 0 spiro atoms. The second kappa shape index (κ2) is 10.5. The molecule has 0 radical (unpaired) electrons. The van der Waals surface area contributed by atoms with Crippen LogP contribution in [0.2, 0.25) is 10.2 Å². The Kier molecular flexibility index (Phi) is 7.50. The Bertz CT molecular complexity index is 1170. The minimum atomic E-state index is -1.31. The zero-order chi connectivity index (χ0) is 24.1. The summed E-state index contributed by atoms with van der Waals surface area (Å²) in [4.78, 5) is 21.7. The van der Waals surface area contributed by atoms with Gasteiger partial charge in [-0.05, 0) is 35.9 Å². The summed E-state index contributed by atoms with van der Waals surface area (Å²) in [6.07, 6.45) is 0.530. The first-order valence-electron chi connectivity index (χ1n) is 10.5. The lowest BCUT2D eigenvalue weighted by Crippen LogP contribution is -2.50. The molecular formula is C24H21Cl2FN2O5. The van der Waals surface area contributed by atoms with Crippen molar-refractivity contribution in [3.8, 4) is 23.0 Å². The first-order chi connectivity index (χ1) is 16.4. The number of methoxy groups -OCH3 is 1. The SMILES string of the molecule is COc1ccc(COC(=O)C2(Oc3cc(Cl)nc(-c4ccc(Cl)c(F)c4)n3)CCOCC2)cc1. The van der Waals surface area contributed by atoms with Crippen molar-refractivity contribution in [2.24, 2.45) is 0 Å². The smallest absolute Gasteiger partial charge is 0.351 e. The van der Waals surface area contributed by atoms with Crippen LogP contribution < -0.4 is 9.47 Å². The van der Waals surface area contributed by atoms with Crippen LogP contribution in [0.4, 0.5) is 4.39 Å². The van der Waals surface area contributed by atoms with Gasteiger partial charge in [0.1, 0.15) is 23.3 Å². The number of hydrogen-bond acceptors (Lipinski definition) is 7. The third-order valence-corrected chi connectivity index (χ3v) is 5.85. The highest BCUT2D eigenvalue weighted by molar-refractivity contribution is 6.30. The predicted octanol–water partition coefficient (Wildman–Crippen LogP) is 5.27. The zero-order valence-corrected chi connectivity index (χ0v) is 19.7. The van der Waals surface area contributed by atoms with Gasteiger partial charge in [-0.15, -0.1) is 0 Å². The molecule has 3 aromatic rings. The first kappa shape index (κ1) is 24.2. The van der Waals surface area contributed by atoms with E-state index in [9.17, 15) is 9.18 Å². The quantitative estimate of drug-likeness (QED) is 0.319. The van der Waals surface area contributed by atoms with E-state index in [4.69, 9.17) is 42.1 Å². The molecule has 1 fully saturated rings. The maximum absolute atomic E-state index is 13.9. The molecule has 4 rings (SSSR count). The average Bonchev–Trinajstić information content (AvgIpc) is 2.84. The number of benzene rings is 2. The summed E-state index contributed by atoms with van der Waals surface area (Å²) < 4.78 is 36.2. The largest absolute Gasteiger partial charge is 0.497 e. The highest BCUT2D eigenvalue weighted by atomic mass is 35.5. The van der Waals surface area contributed by atoms with Gasteiger partial charge in [-0.25, -0.2) is 14.2 Å². The summed E-state index contributed by atoms with van der Waals surface area (Å²) in [5, 5.41) is 0.0483. The van der Waals surface area contributed by atoms with Gasteiger partial charge in [-0.1, -0.05) is 35.3 Å². The fraction of sp³-hybridized carbons (Fsp3) is 0.292. The molecule has 0 unspecified atom stereocenters. The maximum atomic E-state index is 13.9. The van der Waals surface area contributed by atoms with E-state index < -0.39 is 17.4 Å². The third kappa shape index (κ3) is 5.58. The van der Waals surface area contributed by atoms with Crippen LogP contribution in [0.25, 0.3) is 11.4 Å². The summed E-state index contributed by atoms with van der Waals surface area (Å²) in [6.45, 7) is 0.687. The van der Waals surface area contributed by atoms with Gasteiger partial charge in [0.05, 0.1) is 25.3 Å². The summed E-state index contributed by atoms with van der Waals surface area (Å²) in [5.74, 6) is -0.259. The molecule has 1 aromatic heterocycles. The molecule has 34 heavy (non-hydrogen) atoms. The van der Waals surface area contributed by atoms with Crippen molar-refractivity contribution in [1.29, 1.82) is 0 Å². The second-order valence-electron chi connectivity index (χ2n) is 7.61. The third-order valence-electron chi connectivity index (χ3n) is 5.35. The fourth-order valence-corrected chi connectivity index (χ4v) is 3.76. The lowest BCUT2D eigenvalue weighted by atomic mass is 9.94. The average molecular weight is 507 g/mol. The maximum Gasteiger partial charge on any atom is 0.351 e. The van der Waals surface area contributed by atoms with Gasteiger partial charge < -0.3 is 18.9 Å². The number of esters is 1. The Labute approximate surface area is 205 Å². The molecule has 7 nitrogen and oxygen atoms in total. The van der Waals surface area contributed by atoms with Crippen molar-refractivity contribution in [1.82, 2.24) is 9.97 Å². The summed E-state index contributed by atoms with van der Waals surface area (Å²) in [5.41, 5.74) is -0.156. The van der Waals surface area contributed by atoms with Crippen LogP contribution in [0.5, 0.6) is 11.6 Å². The van der Waals surface area contributed by atoms with Gasteiger partial charge in [-0.2, -0.15) is 4.98 Å². The minimum absolute atomic E-state index is 0.0250. The molecule has 0 N–H and O–H groups in total. The van der Waals surface area contributed by atoms with Crippen LogP contribution >= 0.6 is 23.2 Å². The molecular weight excluding hydrogens is 486 g/mol. The van der Waals surface area contributed by atoms with Gasteiger partial charge in [0.15, 0.2) is 5.82 Å². The van der Waals surface area contributed by atoms with E-state index in [2.05, 4.69) is 9.97 Å². The summed E-state index contributed by atoms with van der Waals surface area (Å²) in [6, 6.07) is 12.7. The standard InChI is InChI=1S/C24H21Cl2FN2O5/c1-31-17-5-2-15(3-6-17)14-33-23(30)24(8-10-32-11-9-24)34-21-13-20(26)28-22(29-21)16-4-7-18(25)19(27)12-16/h2-7,12-13H,8-11,14H2,1H3. The Morgan fingerprint density at radius 2 is 1.82 bits per heavy atom. The number of nitrogens with zero attached hydrogens (tertiary/aromatic N) is 2. The van der Waals surface area contributed by atoms with Crippen LogP contribution in [0.3, 0.4) is 0 Å². The van der Waals surface area contributed by atoms with Crippen molar-refractivity contribution >= 4 is 29.2 Å². The number of ether oxygens (including phenoxy) is 4. The molecule has 0 aliphatic carbocycles. The Morgan fingerprint density at radius 3 is 2.50 bits per heavy atom. The molecule has 1 saturated heterocycles. The van der Waals surface area contributed by atoms with Gasteiger partial charge in [0, 0.05) is 24.5 Å². The zero-order valence-electron chi connectivity index (χ0n) is 18.2. The predicted molar refractivity (Wildman–Crippen MR) is 124 cm³/mol. The van der Waals surface area contributed by atoms with Gasteiger partial charge in [0.25, 0.3) is 0 Å². The first-order valence-corrected chi connectivity index (χ1v) is 11.2. The molecule has 1 aliphatic rings. The van der Waals surface area contributed by atoms with Gasteiger partial charge in [-0.3, -0.25) is 0 Å². The number of halogens is 3. The Morgan fingerprint density at radius 1 is 1.09 bits per heavy atom. The van der Waals surface area contributed by atoms with Crippen LogP contribution in [0.15, 0.2) is 48.5 Å². The number of aromatic nitrogens is 2. The number of carbonyl (C=O) groups is 1. The monoisotopic (exact) mass is 506 g/mol. The van der Waals surface area contributed by atoms with E-state index in [1.165, 1.54) is 18.2 Å². The van der Waals surface area contributed by atoms with Crippen molar-refractivity contribution in [3.05, 3.63) is 70.1 Å². The van der Waals surface area contributed by atoms with E-state index in [0.29, 0.717) is 24.5 Å². The van der Waals surface area contributed by atoms with Crippen molar-refractivity contribution in [2.45, 2.75) is 25.0 Å².